The van der Waals surface area contributed by atoms with Gasteiger partial charge in [-0.3, -0.25) is 9.78 Å². The molecule has 2 aromatic heterocycles. The van der Waals surface area contributed by atoms with Crippen LogP contribution in [0.25, 0.3) is 16.8 Å². The van der Waals surface area contributed by atoms with Gasteiger partial charge in [-0.1, -0.05) is 29.5 Å². The zero-order valence-corrected chi connectivity index (χ0v) is 14.8. The summed E-state index contributed by atoms with van der Waals surface area (Å²) in [6.07, 6.45) is 5.11. The van der Waals surface area contributed by atoms with E-state index in [1.165, 1.54) is 12.1 Å². The van der Waals surface area contributed by atoms with Gasteiger partial charge in [-0.2, -0.15) is 0 Å². The van der Waals surface area contributed by atoms with Gasteiger partial charge in [0, 0.05) is 18.0 Å². The van der Waals surface area contributed by atoms with Crippen molar-refractivity contribution in [1.82, 2.24) is 25.3 Å². The molecule has 1 amide bonds. The highest BCUT2D eigenvalue weighted by Crippen LogP contribution is 2.20. The number of nitrogens with zero attached hydrogens (tertiary/aromatic N) is 4. The molecule has 0 aliphatic rings. The number of amides is 1. The molecule has 0 aliphatic heterocycles. The molecule has 0 saturated heterocycles. The molecule has 0 saturated carbocycles. The van der Waals surface area contributed by atoms with Crippen molar-refractivity contribution < 1.29 is 9.18 Å². The summed E-state index contributed by atoms with van der Waals surface area (Å²) in [6.45, 7) is 0.267. The van der Waals surface area contributed by atoms with E-state index >= 15 is 0 Å². The first-order valence-electron chi connectivity index (χ1n) is 8.65. The quantitative estimate of drug-likeness (QED) is 0.582. The molecule has 0 fully saturated rings. The summed E-state index contributed by atoms with van der Waals surface area (Å²) in [6, 6.07) is 17.0. The monoisotopic (exact) mass is 373 g/mol. The fourth-order valence-corrected chi connectivity index (χ4v) is 2.73. The van der Waals surface area contributed by atoms with Gasteiger partial charge in [0.2, 0.25) is 0 Å². The lowest BCUT2D eigenvalue weighted by molar-refractivity contribution is 0.0950. The van der Waals surface area contributed by atoms with E-state index in [4.69, 9.17) is 0 Å². The van der Waals surface area contributed by atoms with Crippen molar-refractivity contribution in [3.8, 4) is 16.8 Å². The van der Waals surface area contributed by atoms with Gasteiger partial charge in [0.15, 0.2) is 0 Å². The van der Waals surface area contributed by atoms with Crippen LogP contribution in [0.1, 0.15) is 16.1 Å². The summed E-state index contributed by atoms with van der Waals surface area (Å²) < 4.78 is 14.7. The average Bonchev–Trinajstić information content (AvgIpc) is 3.22. The third kappa shape index (κ3) is 3.93. The van der Waals surface area contributed by atoms with E-state index in [9.17, 15) is 9.18 Å². The van der Waals surface area contributed by atoms with Gasteiger partial charge in [0.1, 0.15) is 11.5 Å². The molecule has 0 aliphatic carbocycles. The Kier molecular flexibility index (Phi) is 4.88. The second kappa shape index (κ2) is 7.79. The van der Waals surface area contributed by atoms with Crippen LogP contribution in [0.5, 0.6) is 0 Å². The van der Waals surface area contributed by atoms with Crippen LogP contribution in [0, 0.1) is 5.82 Å². The number of hydrogen-bond donors (Lipinski definition) is 1. The number of rotatable bonds is 5. The third-order valence-electron chi connectivity index (χ3n) is 4.22. The lowest BCUT2D eigenvalue weighted by Crippen LogP contribution is -2.22. The van der Waals surface area contributed by atoms with Crippen molar-refractivity contribution in [2.24, 2.45) is 0 Å². The molecule has 0 spiro atoms. The zero-order chi connectivity index (χ0) is 19.3. The highest BCUT2D eigenvalue weighted by atomic mass is 19.1. The molecular formula is C21H16FN5O. The number of halogens is 1. The second-order valence-electron chi connectivity index (χ2n) is 6.13. The van der Waals surface area contributed by atoms with Crippen LogP contribution < -0.4 is 5.32 Å². The topological polar surface area (TPSA) is 72.7 Å². The Balaban J connectivity index is 1.39. The van der Waals surface area contributed by atoms with E-state index in [2.05, 4.69) is 20.6 Å². The molecule has 7 heteroatoms. The lowest BCUT2D eigenvalue weighted by atomic mass is 10.0. The summed E-state index contributed by atoms with van der Waals surface area (Å²) >= 11 is 0. The van der Waals surface area contributed by atoms with Crippen LogP contribution in [0.15, 0.2) is 79.3 Å². The smallest absolute Gasteiger partial charge is 0.251 e. The SMILES string of the molecule is O=C(NCc1cn(-c2ccncc2)nn1)c1ccc(-c2ccc(F)cc2)cc1. The first-order valence-corrected chi connectivity index (χ1v) is 8.65. The molecule has 2 heterocycles. The highest BCUT2D eigenvalue weighted by molar-refractivity contribution is 5.94. The molecule has 138 valence electrons. The summed E-state index contributed by atoms with van der Waals surface area (Å²) in [5.41, 5.74) is 3.83. The molecular weight excluding hydrogens is 357 g/mol. The van der Waals surface area contributed by atoms with E-state index in [0.29, 0.717) is 11.3 Å². The molecule has 0 unspecified atom stereocenters. The normalized spacial score (nSPS) is 10.6. The van der Waals surface area contributed by atoms with Crippen molar-refractivity contribution >= 4 is 5.91 Å². The Hall–Kier alpha value is -3.87. The Bertz CT molecular complexity index is 1080. The minimum Gasteiger partial charge on any atom is -0.346 e. The Labute approximate surface area is 160 Å². The van der Waals surface area contributed by atoms with E-state index in [1.54, 1.807) is 47.5 Å². The summed E-state index contributed by atoms with van der Waals surface area (Å²) in [5.74, 6) is -0.482. The standard InChI is InChI=1S/C21H16FN5O/c22-18-7-5-16(6-8-18)15-1-3-17(4-2-15)21(28)24-13-19-14-27(26-25-19)20-9-11-23-12-10-20/h1-12,14H,13H2,(H,24,28). The number of aromatic nitrogens is 4. The average molecular weight is 373 g/mol. The van der Waals surface area contributed by atoms with Crippen molar-refractivity contribution in [3.63, 3.8) is 0 Å². The van der Waals surface area contributed by atoms with Gasteiger partial charge in [-0.05, 0) is 47.5 Å². The predicted molar refractivity (Wildman–Crippen MR) is 102 cm³/mol. The maximum absolute atomic E-state index is 13.0. The van der Waals surface area contributed by atoms with Crippen LogP contribution >= 0.6 is 0 Å². The van der Waals surface area contributed by atoms with Crippen molar-refractivity contribution in [2.45, 2.75) is 6.54 Å². The lowest BCUT2D eigenvalue weighted by Gasteiger charge is -2.05. The molecule has 6 nitrogen and oxygen atoms in total. The molecule has 4 rings (SSSR count). The number of carbonyl (C=O) groups is 1. The third-order valence-corrected chi connectivity index (χ3v) is 4.22. The summed E-state index contributed by atoms with van der Waals surface area (Å²) in [4.78, 5) is 16.3. The van der Waals surface area contributed by atoms with Gasteiger partial charge in [0.25, 0.3) is 5.91 Å². The van der Waals surface area contributed by atoms with Gasteiger partial charge in [-0.25, -0.2) is 9.07 Å². The minimum absolute atomic E-state index is 0.205. The first-order chi connectivity index (χ1) is 13.7. The fraction of sp³-hybridized carbons (Fsp3) is 0.0476. The van der Waals surface area contributed by atoms with Crippen LogP contribution in [-0.2, 0) is 6.54 Å². The number of hydrogen-bond acceptors (Lipinski definition) is 4. The van der Waals surface area contributed by atoms with Crippen molar-refractivity contribution in [3.05, 3.63) is 96.3 Å². The molecule has 28 heavy (non-hydrogen) atoms. The number of pyridine rings is 1. The van der Waals surface area contributed by atoms with Crippen LogP contribution in [-0.4, -0.2) is 25.9 Å². The van der Waals surface area contributed by atoms with Crippen LogP contribution in [0.3, 0.4) is 0 Å². The molecule has 0 bridgehead atoms. The number of nitrogens with one attached hydrogen (secondary N) is 1. The van der Waals surface area contributed by atoms with E-state index in [0.717, 1.165) is 16.8 Å². The largest absolute Gasteiger partial charge is 0.346 e. The van der Waals surface area contributed by atoms with Crippen LogP contribution in [0.2, 0.25) is 0 Å². The Morgan fingerprint density at radius 2 is 1.57 bits per heavy atom. The molecule has 0 radical (unpaired) electrons. The van der Waals surface area contributed by atoms with Crippen molar-refractivity contribution in [1.29, 1.82) is 0 Å². The maximum Gasteiger partial charge on any atom is 0.251 e. The molecule has 4 aromatic rings. The van der Waals surface area contributed by atoms with Crippen LogP contribution in [0.4, 0.5) is 4.39 Å². The fourth-order valence-electron chi connectivity index (χ4n) is 2.73. The zero-order valence-electron chi connectivity index (χ0n) is 14.8. The maximum atomic E-state index is 13.0. The predicted octanol–water partition coefficient (Wildman–Crippen LogP) is 3.40. The number of carbonyl (C=O) groups excluding carboxylic acids is 1. The Morgan fingerprint density at radius 3 is 2.25 bits per heavy atom. The van der Waals surface area contributed by atoms with E-state index in [1.807, 2.05) is 24.3 Å². The van der Waals surface area contributed by atoms with Crippen molar-refractivity contribution in [2.75, 3.05) is 0 Å². The molecule has 1 N–H and O–H groups in total. The molecule has 2 aromatic carbocycles. The van der Waals surface area contributed by atoms with E-state index in [-0.39, 0.29) is 18.3 Å². The summed E-state index contributed by atoms with van der Waals surface area (Å²) in [7, 11) is 0. The van der Waals surface area contributed by atoms with Gasteiger partial charge < -0.3 is 5.32 Å². The second-order valence-corrected chi connectivity index (χ2v) is 6.13. The minimum atomic E-state index is -0.277. The first kappa shape index (κ1) is 17.5. The molecule has 0 atom stereocenters. The number of benzene rings is 2. The van der Waals surface area contributed by atoms with Gasteiger partial charge in [-0.15, -0.1) is 5.10 Å². The van der Waals surface area contributed by atoms with Gasteiger partial charge in [0.05, 0.1) is 18.4 Å². The summed E-state index contributed by atoms with van der Waals surface area (Å²) in [5, 5.41) is 10.9. The van der Waals surface area contributed by atoms with Gasteiger partial charge >= 0.3 is 0 Å². The van der Waals surface area contributed by atoms with E-state index < -0.39 is 0 Å². The highest BCUT2D eigenvalue weighted by Gasteiger charge is 2.08. The Morgan fingerprint density at radius 1 is 0.929 bits per heavy atom.